The van der Waals surface area contributed by atoms with Crippen molar-refractivity contribution in [3.8, 4) is 0 Å². The van der Waals surface area contributed by atoms with Crippen LogP contribution in [0.25, 0.3) is 0 Å². The van der Waals surface area contributed by atoms with Crippen LogP contribution in [0.1, 0.15) is 19.8 Å². The van der Waals surface area contributed by atoms with Crippen LogP contribution < -0.4 is 15.5 Å². The van der Waals surface area contributed by atoms with E-state index in [4.69, 9.17) is 0 Å². The first-order valence-corrected chi connectivity index (χ1v) is 8.51. The number of hydrogen-bond donors (Lipinski definition) is 2. The molecule has 4 nitrogen and oxygen atoms in total. The summed E-state index contributed by atoms with van der Waals surface area (Å²) < 4.78 is 39.8. The van der Waals surface area contributed by atoms with Gasteiger partial charge in [0.05, 0.1) is 5.69 Å². The monoisotopic (exact) mass is 363 g/mol. The molecule has 1 aliphatic heterocycles. The largest absolute Gasteiger partial charge is 0.374 e. The van der Waals surface area contributed by atoms with Gasteiger partial charge in [0.1, 0.15) is 6.04 Å². The van der Waals surface area contributed by atoms with E-state index in [9.17, 15) is 18.0 Å². The minimum atomic E-state index is -1.61. The van der Waals surface area contributed by atoms with E-state index >= 15 is 0 Å². The summed E-state index contributed by atoms with van der Waals surface area (Å²) in [6, 6.07) is 8.76. The van der Waals surface area contributed by atoms with Crippen molar-refractivity contribution in [3.63, 3.8) is 0 Å². The lowest BCUT2D eigenvalue weighted by Gasteiger charge is -2.19. The Labute approximate surface area is 150 Å². The molecule has 0 spiro atoms. The highest BCUT2D eigenvalue weighted by molar-refractivity contribution is 5.96. The number of nitrogens with zero attached hydrogens (tertiary/aromatic N) is 1. The van der Waals surface area contributed by atoms with Crippen molar-refractivity contribution < 1.29 is 18.0 Å². The molecule has 2 aromatic rings. The predicted molar refractivity (Wildman–Crippen MR) is 95.9 cm³/mol. The van der Waals surface area contributed by atoms with Gasteiger partial charge in [-0.2, -0.15) is 0 Å². The molecule has 1 atom stereocenters. The van der Waals surface area contributed by atoms with Crippen LogP contribution in [0.2, 0.25) is 0 Å². The zero-order chi connectivity index (χ0) is 18.7. The molecule has 0 bridgehead atoms. The van der Waals surface area contributed by atoms with Gasteiger partial charge < -0.3 is 15.5 Å². The van der Waals surface area contributed by atoms with Crippen molar-refractivity contribution in [3.05, 3.63) is 53.8 Å². The summed E-state index contributed by atoms with van der Waals surface area (Å²) in [5.41, 5.74) is 1.47. The van der Waals surface area contributed by atoms with Crippen molar-refractivity contribution in [2.45, 2.75) is 25.8 Å². The summed E-state index contributed by atoms with van der Waals surface area (Å²) in [4.78, 5) is 14.5. The van der Waals surface area contributed by atoms with Gasteiger partial charge in [-0.3, -0.25) is 4.79 Å². The zero-order valence-corrected chi connectivity index (χ0v) is 14.4. The molecule has 0 saturated carbocycles. The molecule has 7 heteroatoms. The van der Waals surface area contributed by atoms with E-state index < -0.39 is 35.1 Å². The van der Waals surface area contributed by atoms with Crippen molar-refractivity contribution in [2.75, 3.05) is 28.6 Å². The number of anilines is 3. The lowest BCUT2D eigenvalue weighted by molar-refractivity contribution is -0.116. The van der Waals surface area contributed by atoms with Gasteiger partial charge in [-0.1, -0.05) is 0 Å². The Bertz CT molecular complexity index is 789. The van der Waals surface area contributed by atoms with Crippen molar-refractivity contribution >= 4 is 23.0 Å². The van der Waals surface area contributed by atoms with Crippen LogP contribution in [-0.4, -0.2) is 25.0 Å². The van der Waals surface area contributed by atoms with Crippen LogP contribution in [0, 0.1) is 17.5 Å². The highest BCUT2D eigenvalue weighted by Crippen LogP contribution is 2.23. The van der Waals surface area contributed by atoms with E-state index in [0.29, 0.717) is 0 Å². The Morgan fingerprint density at radius 1 is 1.00 bits per heavy atom. The van der Waals surface area contributed by atoms with Crippen molar-refractivity contribution in [1.82, 2.24) is 0 Å². The molecule has 1 saturated heterocycles. The van der Waals surface area contributed by atoms with Crippen molar-refractivity contribution in [2.24, 2.45) is 0 Å². The summed E-state index contributed by atoms with van der Waals surface area (Å²) in [5, 5.41) is 5.27. The van der Waals surface area contributed by atoms with Crippen LogP contribution in [0.5, 0.6) is 0 Å². The highest BCUT2D eigenvalue weighted by Gasteiger charge is 2.19. The van der Waals surface area contributed by atoms with Crippen LogP contribution >= 0.6 is 0 Å². The number of carbonyl (C=O) groups is 1. The number of halogens is 3. The average Bonchev–Trinajstić information content (AvgIpc) is 3.17. The number of rotatable bonds is 5. The maximum absolute atomic E-state index is 13.7. The van der Waals surface area contributed by atoms with Crippen LogP contribution in [0.4, 0.5) is 30.2 Å². The van der Waals surface area contributed by atoms with Gasteiger partial charge in [-0.25, -0.2) is 13.2 Å². The van der Waals surface area contributed by atoms with Crippen LogP contribution in [0.3, 0.4) is 0 Å². The normalized spacial score (nSPS) is 15.0. The SMILES string of the molecule is C[C@H](Nc1ccc(N2CCCC2)cc1)C(=O)Nc1ccc(F)c(F)c1F. The third-order valence-electron chi connectivity index (χ3n) is 4.41. The van der Waals surface area contributed by atoms with E-state index in [1.54, 1.807) is 6.92 Å². The second kappa shape index (κ2) is 7.68. The molecule has 0 unspecified atom stereocenters. The van der Waals surface area contributed by atoms with E-state index in [-0.39, 0.29) is 0 Å². The standard InChI is InChI=1S/C19H20F3N3O/c1-12(19(26)24-16-9-8-15(20)17(21)18(16)22)23-13-4-6-14(7-5-13)25-10-2-3-11-25/h4-9,12,23H,2-3,10-11H2,1H3,(H,24,26)/t12-/m0/s1. The fraction of sp³-hybridized carbons (Fsp3) is 0.316. The summed E-state index contributed by atoms with van der Waals surface area (Å²) in [7, 11) is 0. The summed E-state index contributed by atoms with van der Waals surface area (Å²) >= 11 is 0. The minimum Gasteiger partial charge on any atom is -0.374 e. The van der Waals surface area contributed by atoms with E-state index in [1.165, 1.54) is 12.8 Å². The minimum absolute atomic E-state index is 0.396. The molecular formula is C19H20F3N3O. The molecule has 2 aromatic carbocycles. The summed E-state index contributed by atoms with van der Waals surface area (Å²) in [5.74, 6) is -4.88. The van der Waals surface area contributed by atoms with E-state index in [0.717, 1.165) is 36.6 Å². The molecule has 0 radical (unpaired) electrons. The van der Waals surface area contributed by atoms with Gasteiger partial charge in [0.15, 0.2) is 17.5 Å². The van der Waals surface area contributed by atoms with Gasteiger partial charge in [-0.05, 0) is 56.2 Å². The average molecular weight is 363 g/mol. The van der Waals surface area contributed by atoms with Crippen LogP contribution in [-0.2, 0) is 4.79 Å². The van der Waals surface area contributed by atoms with Gasteiger partial charge in [0.25, 0.3) is 0 Å². The number of carbonyl (C=O) groups excluding carboxylic acids is 1. The number of amides is 1. The first kappa shape index (κ1) is 18.1. The Morgan fingerprint density at radius 3 is 2.31 bits per heavy atom. The Morgan fingerprint density at radius 2 is 1.65 bits per heavy atom. The van der Waals surface area contributed by atoms with Gasteiger partial charge >= 0.3 is 0 Å². The highest BCUT2D eigenvalue weighted by atomic mass is 19.2. The predicted octanol–water partition coefficient (Wildman–Crippen LogP) is 4.14. The quantitative estimate of drug-likeness (QED) is 0.785. The first-order valence-electron chi connectivity index (χ1n) is 8.51. The number of nitrogens with one attached hydrogen (secondary N) is 2. The van der Waals surface area contributed by atoms with E-state index in [2.05, 4.69) is 15.5 Å². The van der Waals surface area contributed by atoms with Crippen LogP contribution in [0.15, 0.2) is 36.4 Å². The van der Waals surface area contributed by atoms with Gasteiger partial charge in [-0.15, -0.1) is 0 Å². The molecule has 2 N–H and O–H groups in total. The topological polar surface area (TPSA) is 44.4 Å². The Hall–Kier alpha value is -2.70. The number of hydrogen-bond acceptors (Lipinski definition) is 3. The molecule has 1 amide bonds. The lowest BCUT2D eigenvalue weighted by atomic mass is 10.2. The van der Waals surface area contributed by atoms with Gasteiger partial charge in [0, 0.05) is 24.5 Å². The Balaban J connectivity index is 1.61. The third-order valence-corrected chi connectivity index (χ3v) is 4.41. The second-order valence-corrected chi connectivity index (χ2v) is 6.32. The molecule has 26 heavy (non-hydrogen) atoms. The molecule has 1 heterocycles. The third kappa shape index (κ3) is 3.92. The molecular weight excluding hydrogens is 343 g/mol. The molecule has 0 aromatic heterocycles. The van der Waals surface area contributed by atoms with E-state index in [1.807, 2.05) is 24.3 Å². The number of benzene rings is 2. The molecule has 1 fully saturated rings. The first-order chi connectivity index (χ1) is 12.5. The summed E-state index contributed by atoms with van der Waals surface area (Å²) in [6.45, 7) is 3.69. The van der Waals surface area contributed by atoms with Crippen molar-refractivity contribution in [1.29, 1.82) is 0 Å². The fourth-order valence-electron chi connectivity index (χ4n) is 2.92. The molecule has 0 aliphatic carbocycles. The molecule has 3 rings (SSSR count). The molecule has 1 aliphatic rings. The summed E-state index contributed by atoms with van der Waals surface area (Å²) in [6.07, 6.45) is 2.38. The molecule has 138 valence electrons. The smallest absolute Gasteiger partial charge is 0.246 e. The lowest BCUT2D eigenvalue weighted by Crippen LogP contribution is -2.32. The maximum atomic E-state index is 13.7. The Kier molecular flexibility index (Phi) is 5.35. The second-order valence-electron chi connectivity index (χ2n) is 6.32. The maximum Gasteiger partial charge on any atom is 0.246 e. The fourth-order valence-corrected chi connectivity index (χ4v) is 2.92. The zero-order valence-electron chi connectivity index (χ0n) is 14.4. The van der Waals surface area contributed by atoms with Gasteiger partial charge in [0.2, 0.25) is 5.91 Å².